The molecule has 1 aromatic carbocycles. The van der Waals surface area contributed by atoms with Crippen LogP contribution in [0.15, 0.2) is 28.7 Å². The van der Waals surface area contributed by atoms with Gasteiger partial charge in [0.1, 0.15) is 0 Å². The summed E-state index contributed by atoms with van der Waals surface area (Å²) in [6, 6.07) is 7.99. The molecule has 0 heterocycles. The molecule has 3 nitrogen and oxygen atoms in total. The van der Waals surface area contributed by atoms with Crippen LogP contribution in [0.4, 0.5) is 4.79 Å². The summed E-state index contributed by atoms with van der Waals surface area (Å²) in [4.78, 5) is 10.7. The summed E-state index contributed by atoms with van der Waals surface area (Å²) < 4.78 is 5.51. The molecule has 14 heavy (non-hydrogen) atoms. The molecule has 76 valence electrons. The lowest BCUT2D eigenvalue weighted by Gasteiger charge is -2.03. The smallest absolute Gasteiger partial charge is 0.406 e. The van der Waals surface area contributed by atoms with Crippen LogP contribution in [0, 0.1) is 0 Å². The zero-order valence-electron chi connectivity index (χ0n) is 7.92. The van der Waals surface area contributed by atoms with Crippen molar-refractivity contribution in [1.29, 1.82) is 0 Å². The highest BCUT2D eigenvalue weighted by atomic mass is 79.9. The standard InChI is InChI=1S/C10H12BrNO2/c1-14-10(13)12-7-6-8-2-4-9(11)5-3-8/h2-5H,6-7H2,1H3,(H,12,13). The van der Waals surface area contributed by atoms with Crippen LogP contribution in [0.1, 0.15) is 5.56 Å². The Balaban J connectivity index is 2.31. The van der Waals surface area contributed by atoms with Gasteiger partial charge < -0.3 is 10.1 Å². The molecule has 0 aliphatic carbocycles. The Morgan fingerprint density at radius 3 is 2.64 bits per heavy atom. The molecule has 0 bridgehead atoms. The van der Waals surface area contributed by atoms with E-state index in [9.17, 15) is 4.79 Å². The third-order valence-corrected chi connectivity index (χ3v) is 2.31. The molecule has 1 amide bonds. The van der Waals surface area contributed by atoms with Gasteiger partial charge in [0.15, 0.2) is 0 Å². The average Bonchev–Trinajstić information content (AvgIpc) is 2.21. The SMILES string of the molecule is COC(=O)NCCc1ccc(Br)cc1. The zero-order chi connectivity index (χ0) is 10.4. The Morgan fingerprint density at radius 2 is 2.07 bits per heavy atom. The van der Waals surface area contributed by atoms with Gasteiger partial charge in [-0.05, 0) is 24.1 Å². The molecule has 0 radical (unpaired) electrons. The highest BCUT2D eigenvalue weighted by Crippen LogP contribution is 2.10. The number of methoxy groups -OCH3 is 1. The van der Waals surface area contributed by atoms with Crippen LogP contribution in [0.3, 0.4) is 0 Å². The van der Waals surface area contributed by atoms with E-state index in [1.54, 1.807) is 0 Å². The largest absolute Gasteiger partial charge is 0.453 e. The minimum atomic E-state index is -0.387. The first-order valence-corrected chi connectivity index (χ1v) is 5.08. The normalized spacial score (nSPS) is 9.57. The molecule has 1 aromatic rings. The second-order valence-corrected chi connectivity index (χ2v) is 3.71. The molecule has 1 rings (SSSR count). The van der Waals surface area contributed by atoms with E-state index in [1.807, 2.05) is 24.3 Å². The molecule has 0 aromatic heterocycles. The summed E-state index contributed by atoms with van der Waals surface area (Å²) in [6.45, 7) is 0.592. The molecule has 0 aliphatic heterocycles. The van der Waals surface area contributed by atoms with Crippen molar-refractivity contribution in [1.82, 2.24) is 5.32 Å². The van der Waals surface area contributed by atoms with Crippen LogP contribution >= 0.6 is 15.9 Å². The summed E-state index contributed by atoms with van der Waals surface area (Å²) in [5, 5.41) is 2.62. The number of hydrogen-bond donors (Lipinski definition) is 1. The van der Waals surface area contributed by atoms with Gasteiger partial charge >= 0.3 is 6.09 Å². The molecule has 0 unspecified atom stereocenters. The van der Waals surface area contributed by atoms with Crippen molar-refractivity contribution in [2.45, 2.75) is 6.42 Å². The third kappa shape index (κ3) is 3.79. The van der Waals surface area contributed by atoms with Crippen molar-refractivity contribution < 1.29 is 9.53 Å². The van der Waals surface area contributed by atoms with Crippen LogP contribution in [-0.4, -0.2) is 19.7 Å². The molecular weight excluding hydrogens is 246 g/mol. The van der Waals surface area contributed by atoms with Crippen LogP contribution < -0.4 is 5.32 Å². The average molecular weight is 258 g/mol. The third-order valence-electron chi connectivity index (χ3n) is 1.78. The lowest BCUT2D eigenvalue weighted by Crippen LogP contribution is -2.25. The van der Waals surface area contributed by atoms with Gasteiger partial charge in [0.05, 0.1) is 7.11 Å². The van der Waals surface area contributed by atoms with Crippen molar-refractivity contribution in [3.05, 3.63) is 34.3 Å². The van der Waals surface area contributed by atoms with Crippen LogP contribution in [0.5, 0.6) is 0 Å². The van der Waals surface area contributed by atoms with E-state index >= 15 is 0 Å². The van der Waals surface area contributed by atoms with Gasteiger partial charge in [-0.2, -0.15) is 0 Å². The van der Waals surface area contributed by atoms with Gasteiger partial charge in [0.25, 0.3) is 0 Å². The Morgan fingerprint density at radius 1 is 1.43 bits per heavy atom. The number of benzene rings is 1. The molecule has 4 heteroatoms. The van der Waals surface area contributed by atoms with E-state index in [1.165, 1.54) is 12.7 Å². The van der Waals surface area contributed by atoms with Crippen molar-refractivity contribution in [3.8, 4) is 0 Å². The summed E-state index contributed by atoms with van der Waals surface area (Å²) in [5.74, 6) is 0. The van der Waals surface area contributed by atoms with E-state index in [-0.39, 0.29) is 6.09 Å². The fraction of sp³-hybridized carbons (Fsp3) is 0.300. The highest BCUT2D eigenvalue weighted by Gasteiger charge is 1.97. The van der Waals surface area contributed by atoms with Crippen LogP contribution in [-0.2, 0) is 11.2 Å². The Hall–Kier alpha value is -1.03. The fourth-order valence-electron chi connectivity index (χ4n) is 1.03. The minimum absolute atomic E-state index is 0.387. The molecule has 0 spiro atoms. The molecule has 0 atom stereocenters. The van der Waals surface area contributed by atoms with Crippen molar-refractivity contribution in [2.24, 2.45) is 0 Å². The maximum absolute atomic E-state index is 10.7. The van der Waals surface area contributed by atoms with Crippen molar-refractivity contribution >= 4 is 22.0 Å². The van der Waals surface area contributed by atoms with E-state index in [4.69, 9.17) is 0 Å². The van der Waals surface area contributed by atoms with Gasteiger partial charge in [-0.15, -0.1) is 0 Å². The summed E-state index contributed by atoms with van der Waals surface area (Å²) in [7, 11) is 1.36. The molecule has 1 N–H and O–H groups in total. The number of rotatable bonds is 3. The number of halogens is 1. The maximum atomic E-state index is 10.7. The van der Waals surface area contributed by atoms with Gasteiger partial charge in [-0.25, -0.2) is 4.79 Å². The molecule has 0 saturated carbocycles. The second kappa shape index (κ2) is 5.65. The van der Waals surface area contributed by atoms with Gasteiger partial charge in [0.2, 0.25) is 0 Å². The predicted octanol–water partition coefficient (Wildman–Crippen LogP) is 2.35. The van der Waals surface area contributed by atoms with Gasteiger partial charge in [-0.1, -0.05) is 28.1 Å². The molecule has 0 saturated heterocycles. The van der Waals surface area contributed by atoms with E-state index in [0.717, 1.165) is 10.9 Å². The Labute approximate surface area is 91.6 Å². The van der Waals surface area contributed by atoms with Crippen molar-refractivity contribution in [3.63, 3.8) is 0 Å². The van der Waals surface area contributed by atoms with Gasteiger partial charge in [-0.3, -0.25) is 0 Å². The highest BCUT2D eigenvalue weighted by molar-refractivity contribution is 9.10. The van der Waals surface area contributed by atoms with E-state index in [0.29, 0.717) is 6.54 Å². The monoisotopic (exact) mass is 257 g/mol. The van der Waals surface area contributed by atoms with E-state index < -0.39 is 0 Å². The Bertz CT molecular complexity index is 297. The lowest BCUT2D eigenvalue weighted by atomic mass is 10.1. The number of nitrogens with one attached hydrogen (secondary N) is 1. The fourth-order valence-corrected chi connectivity index (χ4v) is 1.30. The maximum Gasteiger partial charge on any atom is 0.406 e. The van der Waals surface area contributed by atoms with Crippen LogP contribution in [0.2, 0.25) is 0 Å². The molecule has 0 fully saturated rings. The van der Waals surface area contributed by atoms with Crippen molar-refractivity contribution in [2.75, 3.05) is 13.7 Å². The number of alkyl carbamates (subject to hydrolysis) is 1. The minimum Gasteiger partial charge on any atom is -0.453 e. The lowest BCUT2D eigenvalue weighted by molar-refractivity contribution is 0.171. The molecular formula is C10H12BrNO2. The quantitative estimate of drug-likeness (QED) is 0.903. The van der Waals surface area contributed by atoms with Crippen LogP contribution in [0.25, 0.3) is 0 Å². The number of ether oxygens (including phenoxy) is 1. The van der Waals surface area contributed by atoms with Gasteiger partial charge in [0, 0.05) is 11.0 Å². The first-order chi connectivity index (χ1) is 6.72. The van der Waals surface area contributed by atoms with E-state index in [2.05, 4.69) is 26.0 Å². The number of carbonyl (C=O) groups excluding carboxylic acids is 1. The first kappa shape index (κ1) is 11.0. The number of hydrogen-bond acceptors (Lipinski definition) is 2. The number of carbonyl (C=O) groups is 1. The Kier molecular flexibility index (Phi) is 4.46. The summed E-state index contributed by atoms with van der Waals surface area (Å²) in [6.07, 6.45) is 0.421. The second-order valence-electron chi connectivity index (χ2n) is 2.79. The number of amides is 1. The summed E-state index contributed by atoms with van der Waals surface area (Å²) in [5.41, 5.74) is 1.18. The zero-order valence-corrected chi connectivity index (χ0v) is 9.50. The summed E-state index contributed by atoms with van der Waals surface area (Å²) >= 11 is 3.36. The topological polar surface area (TPSA) is 38.3 Å². The predicted molar refractivity (Wildman–Crippen MR) is 58.3 cm³/mol. The molecule has 0 aliphatic rings. The first-order valence-electron chi connectivity index (χ1n) is 4.28.